The molecule has 4 aromatic rings. The van der Waals surface area contributed by atoms with Gasteiger partial charge in [-0.1, -0.05) is 30.3 Å². The average molecular weight is 401 g/mol. The van der Waals surface area contributed by atoms with Crippen LogP contribution in [-0.4, -0.2) is 42.4 Å². The second kappa shape index (κ2) is 8.80. The highest BCUT2D eigenvalue weighted by atomic mass is 16.5. The zero-order chi connectivity index (χ0) is 20.9. The lowest BCUT2D eigenvalue weighted by Gasteiger charge is -2.25. The first-order valence-corrected chi connectivity index (χ1v) is 9.65. The Hall–Kier alpha value is -3.64. The van der Waals surface area contributed by atoms with Gasteiger partial charge in [0.2, 0.25) is 0 Å². The molecule has 152 valence electrons. The molecule has 0 spiro atoms. The molecule has 3 aromatic carbocycles. The Bertz CT molecular complexity index is 1130. The van der Waals surface area contributed by atoms with Crippen molar-refractivity contribution in [2.45, 2.75) is 0 Å². The highest BCUT2D eigenvalue weighted by molar-refractivity contribution is 5.82. The van der Waals surface area contributed by atoms with Crippen molar-refractivity contribution in [1.29, 1.82) is 0 Å². The van der Waals surface area contributed by atoms with E-state index in [1.807, 2.05) is 71.6 Å². The molecule has 0 atom stereocenters. The van der Waals surface area contributed by atoms with Crippen LogP contribution in [0.3, 0.4) is 0 Å². The Morgan fingerprint density at radius 3 is 2.23 bits per heavy atom. The Labute approximate surface area is 175 Å². The molecule has 1 N–H and O–H groups in total. The molecule has 1 aromatic heterocycles. The number of nitrogens with zero attached hydrogens (tertiary/aromatic N) is 3. The topological polar surface area (TPSA) is 67.7 Å². The van der Waals surface area contributed by atoms with E-state index in [1.54, 1.807) is 20.4 Å². The minimum absolute atomic E-state index is 0.00665. The van der Waals surface area contributed by atoms with Gasteiger partial charge in [-0.15, -0.1) is 0 Å². The number of aromatic nitrogens is 2. The third kappa shape index (κ3) is 4.04. The highest BCUT2D eigenvalue weighted by Crippen LogP contribution is 2.33. The van der Waals surface area contributed by atoms with E-state index in [9.17, 15) is 5.11 Å². The summed E-state index contributed by atoms with van der Waals surface area (Å²) in [4.78, 5) is 11.4. The van der Waals surface area contributed by atoms with Gasteiger partial charge in [0.15, 0.2) is 0 Å². The molecule has 30 heavy (non-hydrogen) atoms. The van der Waals surface area contributed by atoms with E-state index in [4.69, 9.17) is 14.5 Å². The maximum atomic E-state index is 9.69. The Balaban J connectivity index is 1.79. The Morgan fingerprint density at radius 1 is 0.833 bits per heavy atom. The van der Waals surface area contributed by atoms with Crippen LogP contribution in [0.25, 0.3) is 22.3 Å². The van der Waals surface area contributed by atoms with E-state index in [0.717, 1.165) is 33.7 Å². The summed E-state index contributed by atoms with van der Waals surface area (Å²) in [6.07, 6.45) is 1.79. The molecular formula is C24H23N3O3. The second-order valence-electron chi connectivity index (χ2n) is 6.74. The summed E-state index contributed by atoms with van der Waals surface area (Å²) in [6.45, 7) is 0.404. The molecule has 0 saturated carbocycles. The summed E-state index contributed by atoms with van der Waals surface area (Å²) < 4.78 is 10.8. The number of benzene rings is 3. The molecule has 0 aliphatic carbocycles. The first-order valence-electron chi connectivity index (χ1n) is 9.65. The maximum Gasteiger partial charge on any atom is 0.124 e. The molecule has 0 unspecified atom stereocenters. The van der Waals surface area contributed by atoms with Crippen molar-refractivity contribution in [1.82, 2.24) is 9.97 Å². The van der Waals surface area contributed by atoms with E-state index >= 15 is 0 Å². The van der Waals surface area contributed by atoms with E-state index in [1.165, 1.54) is 0 Å². The van der Waals surface area contributed by atoms with Crippen LogP contribution < -0.4 is 14.4 Å². The van der Waals surface area contributed by atoms with Crippen LogP contribution in [-0.2, 0) is 0 Å². The lowest BCUT2D eigenvalue weighted by Crippen LogP contribution is -2.21. The van der Waals surface area contributed by atoms with Crippen LogP contribution in [0.5, 0.6) is 11.5 Å². The van der Waals surface area contributed by atoms with Crippen LogP contribution in [0.2, 0.25) is 0 Å². The summed E-state index contributed by atoms with van der Waals surface area (Å²) in [5.74, 6) is 1.36. The molecule has 0 saturated heterocycles. The van der Waals surface area contributed by atoms with Gasteiger partial charge in [0.1, 0.15) is 11.5 Å². The molecule has 0 aliphatic rings. The van der Waals surface area contributed by atoms with Crippen LogP contribution in [0.1, 0.15) is 0 Å². The van der Waals surface area contributed by atoms with E-state index in [2.05, 4.69) is 4.98 Å². The quantitative estimate of drug-likeness (QED) is 0.494. The third-order valence-electron chi connectivity index (χ3n) is 4.88. The van der Waals surface area contributed by atoms with Crippen LogP contribution in [0.4, 0.5) is 11.4 Å². The van der Waals surface area contributed by atoms with Gasteiger partial charge in [0.05, 0.1) is 43.8 Å². The summed E-state index contributed by atoms with van der Waals surface area (Å²) in [7, 11) is 3.23. The molecule has 6 heteroatoms. The predicted molar refractivity (Wildman–Crippen MR) is 119 cm³/mol. The van der Waals surface area contributed by atoms with Crippen LogP contribution in [0, 0.1) is 0 Å². The zero-order valence-electron chi connectivity index (χ0n) is 16.9. The van der Waals surface area contributed by atoms with Crippen molar-refractivity contribution in [3.05, 3.63) is 72.9 Å². The monoisotopic (exact) mass is 401 g/mol. The molecule has 1 heterocycles. The standard InChI is InChI=1S/C24H23N3O3/c1-29-20-12-19(13-21(15-20)30-2)27(10-11-28)18-8-9-22-23(14-18)26-24(16-25-22)17-6-4-3-5-7-17/h3-9,12-16,28H,10-11H2,1-2H3. The molecule has 0 amide bonds. The SMILES string of the molecule is COc1cc(OC)cc(N(CCO)c2ccc3ncc(-c4ccccc4)nc3c2)c1. The van der Waals surface area contributed by atoms with Crippen molar-refractivity contribution in [3.63, 3.8) is 0 Å². The van der Waals surface area contributed by atoms with Crippen LogP contribution >= 0.6 is 0 Å². The maximum absolute atomic E-state index is 9.69. The number of aliphatic hydroxyl groups excluding tert-OH is 1. The smallest absolute Gasteiger partial charge is 0.124 e. The number of ether oxygens (including phenoxy) is 2. The van der Waals surface area contributed by atoms with E-state index in [0.29, 0.717) is 18.0 Å². The molecular weight excluding hydrogens is 378 g/mol. The number of methoxy groups -OCH3 is 2. The third-order valence-corrected chi connectivity index (χ3v) is 4.88. The van der Waals surface area contributed by atoms with Crippen molar-refractivity contribution in [2.75, 3.05) is 32.3 Å². The van der Waals surface area contributed by atoms with Crippen molar-refractivity contribution >= 4 is 22.4 Å². The second-order valence-corrected chi connectivity index (χ2v) is 6.74. The average Bonchev–Trinajstić information content (AvgIpc) is 2.82. The number of anilines is 2. The molecule has 0 radical (unpaired) electrons. The van der Waals surface area contributed by atoms with Crippen molar-refractivity contribution in [3.8, 4) is 22.8 Å². The van der Waals surface area contributed by atoms with Gasteiger partial charge < -0.3 is 19.5 Å². The minimum Gasteiger partial charge on any atom is -0.497 e. The lowest BCUT2D eigenvalue weighted by atomic mass is 10.1. The highest BCUT2D eigenvalue weighted by Gasteiger charge is 2.14. The first-order chi connectivity index (χ1) is 14.7. The number of aliphatic hydroxyl groups is 1. The number of hydrogen-bond acceptors (Lipinski definition) is 6. The fourth-order valence-electron chi connectivity index (χ4n) is 3.37. The van der Waals surface area contributed by atoms with Gasteiger partial charge in [0.25, 0.3) is 0 Å². The minimum atomic E-state index is -0.00665. The Morgan fingerprint density at radius 2 is 1.57 bits per heavy atom. The largest absolute Gasteiger partial charge is 0.497 e. The fraction of sp³-hybridized carbons (Fsp3) is 0.167. The summed E-state index contributed by atoms with van der Waals surface area (Å²) in [5.41, 5.74) is 5.18. The van der Waals surface area contributed by atoms with E-state index in [-0.39, 0.29) is 6.61 Å². The number of hydrogen-bond donors (Lipinski definition) is 1. The fourth-order valence-corrected chi connectivity index (χ4v) is 3.37. The molecule has 0 bridgehead atoms. The van der Waals surface area contributed by atoms with Crippen molar-refractivity contribution in [2.24, 2.45) is 0 Å². The Kier molecular flexibility index (Phi) is 5.77. The van der Waals surface area contributed by atoms with Gasteiger partial charge in [-0.05, 0) is 18.2 Å². The van der Waals surface area contributed by atoms with E-state index < -0.39 is 0 Å². The molecule has 0 fully saturated rings. The predicted octanol–water partition coefficient (Wildman–Crippen LogP) is 4.44. The van der Waals surface area contributed by atoms with Gasteiger partial charge in [-0.3, -0.25) is 4.98 Å². The van der Waals surface area contributed by atoms with Gasteiger partial charge >= 0.3 is 0 Å². The molecule has 4 rings (SSSR count). The van der Waals surface area contributed by atoms with Gasteiger partial charge in [-0.25, -0.2) is 4.98 Å². The molecule has 0 aliphatic heterocycles. The summed E-state index contributed by atoms with van der Waals surface area (Å²) in [5, 5.41) is 9.69. The van der Waals surface area contributed by atoms with Crippen molar-refractivity contribution < 1.29 is 14.6 Å². The van der Waals surface area contributed by atoms with Gasteiger partial charge in [-0.2, -0.15) is 0 Å². The summed E-state index contributed by atoms with van der Waals surface area (Å²) >= 11 is 0. The lowest BCUT2D eigenvalue weighted by molar-refractivity contribution is 0.305. The van der Waals surface area contributed by atoms with Crippen LogP contribution in [0.15, 0.2) is 72.9 Å². The number of fused-ring (bicyclic) bond motifs is 1. The number of rotatable bonds is 7. The zero-order valence-corrected chi connectivity index (χ0v) is 16.9. The summed E-state index contributed by atoms with van der Waals surface area (Å²) in [6, 6.07) is 21.5. The molecule has 6 nitrogen and oxygen atoms in total. The normalized spacial score (nSPS) is 10.8. The first kappa shape index (κ1) is 19.7. The van der Waals surface area contributed by atoms with Gasteiger partial charge in [0, 0.05) is 41.7 Å².